The highest BCUT2D eigenvalue weighted by Crippen LogP contribution is 2.42. The van der Waals surface area contributed by atoms with E-state index < -0.39 is 26.4 Å². The van der Waals surface area contributed by atoms with Gasteiger partial charge in [0.25, 0.3) is 0 Å². The van der Waals surface area contributed by atoms with Crippen LogP contribution in [0.3, 0.4) is 0 Å². The van der Waals surface area contributed by atoms with Gasteiger partial charge in [0, 0.05) is 18.9 Å². The molecule has 0 N–H and O–H groups in total. The van der Waals surface area contributed by atoms with E-state index >= 15 is 0 Å². The molecule has 3 aliphatic rings. The summed E-state index contributed by atoms with van der Waals surface area (Å²) >= 11 is 0. The van der Waals surface area contributed by atoms with E-state index in [9.17, 15) is 9.59 Å². The van der Waals surface area contributed by atoms with Crippen molar-refractivity contribution in [2.24, 2.45) is 5.92 Å². The van der Waals surface area contributed by atoms with E-state index in [0.717, 1.165) is 0 Å². The topological polar surface area (TPSA) is 65.1 Å². The van der Waals surface area contributed by atoms with Gasteiger partial charge < -0.3 is 13.9 Å². The predicted molar refractivity (Wildman–Crippen MR) is 118 cm³/mol. The van der Waals surface area contributed by atoms with Crippen LogP contribution in [0.2, 0.25) is 18.1 Å². The fourth-order valence-electron chi connectivity index (χ4n) is 3.43. The molecular weight excluding hydrogens is 398 g/mol. The Kier molecular flexibility index (Phi) is 6.13. The first kappa shape index (κ1) is 22.1. The number of allylic oxidation sites excluding steroid dienone is 1. The van der Waals surface area contributed by atoms with Crippen LogP contribution in [-0.4, -0.2) is 45.0 Å². The summed E-state index contributed by atoms with van der Waals surface area (Å²) in [5.41, 5.74) is 0.392. The van der Waals surface area contributed by atoms with Crippen molar-refractivity contribution in [3.05, 3.63) is 53.8 Å². The van der Waals surface area contributed by atoms with Gasteiger partial charge in [-0.1, -0.05) is 51.1 Å². The van der Waals surface area contributed by atoms with Crippen molar-refractivity contribution in [1.29, 1.82) is 0 Å². The highest BCUT2D eigenvalue weighted by Gasteiger charge is 2.45. The van der Waals surface area contributed by atoms with Crippen LogP contribution < -0.4 is 4.74 Å². The molecule has 1 aromatic carbocycles. The number of hydrogen-bond acceptors (Lipinski definition) is 5. The lowest BCUT2D eigenvalue weighted by molar-refractivity contribution is -0.136. The Morgan fingerprint density at radius 3 is 2.37 bits per heavy atom. The second-order valence-electron chi connectivity index (χ2n) is 9.32. The highest BCUT2D eigenvalue weighted by molar-refractivity contribution is 6.74. The molecule has 0 saturated carbocycles. The van der Waals surface area contributed by atoms with Crippen LogP contribution in [0.5, 0.6) is 5.75 Å². The first-order valence-corrected chi connectivity index (χ1v) is 13.2. The maximum absolute atomic E-state index is 13.0. The highest BCUT2D eigenvalue weighted by atomic mass is 28.4. The van der Waals surface area contributed by atoms with Crippen molar-refractivity contribution < 1.29 is 23.5 Å². The summed E-state index contributed by atoms with van der Waals surface area (Å²) in [4.78, 5) is 27.4. The zero-order chi connectivity index (χ0) is 22.1. The molecule has 0 saturated heterocycles. The zero-order valence-corrected chi connectivity index (χ0v) is 19.6. The van der Waals surface area contributed by atoms with Crippen LogP contribution in [0, 0.1) is 5.92 Å². The summed E-state index contributed by atoms with van der Waals surface area (Å²) in [6, 6.07) is 8.35. The second kappa shape index (κ2) is 8.30. The molecule has 4 rings (SSSR count). The molecule has 6 nitrogen and oxygen atoms in total. The van der Waals surface area contributed by atoms with Gasteiger partial charge in [0.1, 0.15) is 5.75 Å². The fourth-order valence-corrected chi connectivity index (χ4v) is 4.54. The average molecular weight is 430 g/mol. The largest absolute Gasteiger partial charge is 0.546 e. The van der Waals surface area contributed by atoms with Gasteiger partial charge in [-0.2, -0.15) is 0 Å². The standard InChI is InChI=1S/C23H31NO5Si/c1-23(2,3)30(5,6)29-19-14-16-12-13-18(20(19)21(25)27-4)24(15-16)22(26)28-17-10-8-7-9-11-17/h7-13,16,18H,14-15H2,1-6H3/t16-,18+/m0/s1. The van der Waals surface area contributed by atoms with Crippen LogP contribution in [0.25, 0.3) is 0 Å². The predicted octanol–water partition coefficient (Wildman–Crippen LogP) is 4.89. The van der Waals surface area contributed by atoms with Crippen molar-refractivity contribution in [3.63, 3.8) is 0 Å². The molecule has 1 aromatic rings. The monoisotopic (exact) mass is 429 g/mol. The van der Waals surface area contributed by atoms with Crippen molar-refractivity contribution >= 4 is 20.4 Å². The molecule has 1 amide bonds. The summed E-state index contributed by atoms with van der Waals surface area (Å²) < 4.78 is 17.2. The third-order valence-corrected chi connectivity index (χ3v) is 10.5. The molecular formula is C23H31NO5Si. The number of rotatable bonds is 4. The number of hydrogen-bond donors (Lipinski definition) is 0. The molecule has 0 fully saturated rings. The number of para-hydroxylation sites is 1. The Morgan fingerprint density at radius 2 is 1.77 bits per heavy atom. The summed E-state index contributed by atoms with van der Waals surface area (Å²) in [7, 11) is -0.831. The molecule has 2 heterocycles. The lowest BCUT2D eigenvalue weighted by atomic mass is 10.0. The molecule has 0 spiro atoms. The van der Waals surface area contributed by atoms with Gasteiger partial charge in [-0.05, 0) is 30.3 Å². The number of esters is 1. The Bertz CT molecular complexity index is 869. The molecule has 2 aliphatic heterocycles. The SMILES string of the molecule is COC(=O)C1=C(O[Si](C)(C)C(C)(C)C)C[C@@H]2C=C[C@H]1N(C(=O)Oc1ccccc1)C2. The average Bonchev–Trinajstić information content (AvgIpc) is 2.94. The number of ether oxygens (including phenoxy) is 2. The number of nitrogens with zero attached hydrogens (tertiary/aromatic N) is 1. The van der Waals surface area contributed by atoms with Gasteiger partial charge in [0.2, 0.25) is 8.32 Å². The molecule has 0 unspecified atom stereocenters. The minimum atomic E-state index is -2.18. The first-order valence-electron chi connectivity index (χ1n) is 10.3. The minimum Gasteiger partial charge on any atom is -0.546 e. The van der Waals surface area contributed by atoms with Gasteiger partial charge in [0.15, 0.2) is 0 Å². The summed E-state index contributed by atoms with van der Waals surface area (Å²) in [6.07, 6.45) is 4.01. The van der Waals surface area contributed by atoms with Crippen LogP contribution in [0.1, 0.15) is 27.2 Å². The molecule has 0 aromatic heterocycles. The molecule has 2 atom stereocenters. The van der Waals surface area contributed by atoms with Crippen molar-refractivity contribution in [3.8, 4) is 5.75 Å². The van der Waals surface area contributed by atoms with Gasteiger partial charge in [-0.3, -0.25) is 4.90 Å². The van der Waals surface area contributed by atoms with Crippen molar-refractivity contribution in [1.82, 2.24) is 4.90 Å². The quantitative estimate of drug-likeness (QED) is 0.387. The molecule has 30 heavy (non-hydrogen) atoms. The van der Waals surface area contributed by atoms with E-state index in [2.05, 4.69) is 39.9 Å². The number of methoxy groups -OCH3 is 1. The van der Waals surface area contributed by atoms with Gasteiger partial charge in [-0.25, -0.2) is 9.59 Å². The lowest BCUT2D eigenvalue weighted by Crippen LogP contribution is -2.47. The maximum atomic E-state index is 13.0. The third-order valence-electron chi connectivity index (χ3n) is 6.15. The first-order chi connectivity index (χ1) is 14.0. The van der Waals surface area contributed by atoms with E-state index in [-0.39, 0.29) is 11.0 Å². The minimum absolute atomic E-state index is 0.0219. The Hall–Kier alpha value is -2.54. The zero-order valence-electron chi connectivity index (χ0n) is 18.6. The lowest BCUT2D eigenvalue weighted by Gasteiger charge is -2.38. The van der Waals surface area contributed by atoms with E-state index in [4.69, 9.17) is 13.9 Å². The summed E-state index contributed by atoms with van der Waals surface area (Å²) in [6.45, 7) is 11.2. The van der Waals surface area contributed by atoms with E-state index in [1.165, 1.54) is 7.11 Å². The molecule has 0 radical (unpaired) electrons. The van der Waals surface area contributed by atoms with Crippen LogP contribution >= 0.6 is 0 Å². The number of amides is 1. The number of carbonyl (C=O) groups is 2. The third kappa shape index (κ3) is 4.46. The van der Waals surface area contributed by atoms with Gasteiger partial charge in [-0.15, -0.1) is 0 Å². The van der Waals surface area contributed by atoms with Crippen molar-refractivity contribution in [2.75, 3.05) is 13.7 Å². The Labute approximate surface area is 179 Å². The molecule has 1 aliphatic carbocycles. The van der Waals surface area contributed by atoms with E-state index in [1.54, 1.807) is 17.0 Å². The van der Waals surface area contributed by atoms with Crippen LogP contribution in [0.15, 0.2) is 53.8 Å². The van der Waals surface area contributed by atoms with Gasteiger partial charge in [0.05, 0.1) is 24.5 Å². The smallest absolute Gasteiger partial charge is 0.416 e. The Morgan fingerprint density at radius 1 is 1.10 bits per heavy atom. The summed E-state index contributed by atoms with van der Waals surface area (Å²) in [5.74, 6) is 0.682. The van der Waals surface area contributed by atoms with Gasteiger partial charge >= 0.3 is 12.1 Å². The molecule has 162 valence electrons. The normalized spacial score (nSPS) is 21.3. The maximum Gasteiger partial charge on any atom is 0.416 e. The molecule has 7 heteroatoms. The number of fused-ring (bicyclic) bond motifs is 2. The number of carbonyl (C=O) groups excluding carboxylic acids is 2. The van der Waals surface area contributed by atoms with Crippen LogP contribution in [0.4, 0.5) is 4.79 Å². The Balaban J connectivity index is 1.96. The molecule has 2 bridgehead atoms. The van der Waals surface area contributed by atoms with E-state index in [1.807, 2.05) is 24.3 Å². The second-order valence-corrected chi connectivity index (χ2v) is 14.0. The van der Waals surface area contributed by atoms with Crippen molar-refractivity contribution in [2.45, 2.75) is 51.4 Å². The van der Waals surface area contributed by atoms with E-state index in [0.29, 0.717) is 30.0 Å². The van der Waals surface area contributed by atoms with Crippen LogP contribution in [-0.2, 0) is 14.0 Å². The summed E-state index contributed by atoms with van der Waals surface area (Å²) in [5, 5.41) is -0.0219. The number of benzene rings is 1. The fraction of sp³-hybridized carbons (Fsp3) is 0.478.